The van der Waals surface area contributed by atoms with Gasteiger partial charge in [-0.25, -0.2) is 0 Å². The molecule has 0 unspecified atom stereocenters. The number of imide groups is 1. The lowest BCUT2D eigenvalue weighted by Crippen LogP contribution is -2.37. The highest BCUT2D eigenvalue weighted by atomic mass is 16.5. The van der Waals surface area contributed by atoms with Crippen LogP contribution in [0, 0.1) is 0 Å². The molecule has 1 aliphatic rings. The summed E-state index contributed by atoms with van der Waals surface area (Å²) in [5.41, 5.74) is 1.12. The van der Waals surface area contributed by atoms with Crippen LogP contribution in [0.1, 0.15) is 20.7 Å². The number of nitrogens with zero attached hydrogens (tertiary/aromatic N) is 3. The van der Waals surface area contributed by atoms with Crippen LogP contribution in [0.15, 0.2) is 52.9 Å². The van der Waals surface area contributed by atoms with Crippen molar-refractivity contribution in [2.45, 2.75) is 0 Å². The Morgan fingerprint density at radius 3 is 2.25 bits per heavy atom. The molecule has 9 heteroatoms. The van der Waals surface area contributed by atoms with Crippen LogP contribution in [0.4, 0.5) is 6.01 Å². The van der Waals surface area contributed by atoms with Crippen molar-refractivity contribution < 1.29 is 23.5 Å². The normalized spacial score (nSPS) is 12.8. The Kier molecular flexibility index (Phi) is 4.32. The molecule has 0 aliphatic carbocycles. The molecule has 3 aromatic rings. The third-order valence-corrected chi connectivity index (χ3v) is 4.19. The van der Waals surface area contributed by atoms with Gasteiger partial charge in [0.05, 0.1) is 23.8 Å². The smallest absolute Gasteiger partial charge is 0.322 e. The van der Waals surface area contributed by atoms with Crippen molar-refractivity contribution >= 4 is 23.7 Å². The van der Waals surface area contributed by atoms with E-state index in [0.717, 1.165) is 4.90 Å². The standard InChI is InChI=1S/C19H14N4O5/c1-27-14-9-5-4-8-13(14)16-21-22-19(28-16)20-15(24)10-23-17(25)11-6-2-3-7-12(11)18(23)26/h2-9H,10H2,1H3,(H,20,22,24). The number of rotatable bonds is 5. The topological polar surface area (TPSA) is 115 Å². The first-order valence-corrected chi connectivity index (χ1v) is 8.30. The molecule has 0 atom stereocenters. The molecule has 1 aliphatic heterocycles. The highest BCUT2D eigenvalue weighted by molar-refractivity contribution is 6.22. The van der Waals surface area contributed by atoms with E-state index in [-0.39, 0.29) is 23.0 Å². The van der Waals surface area contributed by atoms with Gasteiger partial charge in [0, 0.05) is 0 Å². The zero-order valence-corrected chi connectivity index (χ0v) is 14.7. The van der Waals surface area contributed by atoms with Gasteiger partial charge in [0.2, 0.25) is 5.91 Å². The highest BCUT2D eigenvalue weighted by Crippen LogP contribution is 2.29. The minimum absolute atomic E-state index is 0.150. The molecule has 1 N–H and O–H groups in total. The van der Waals surface area contributed by atoms with Gasteiger partial charge >= 0.3 is 6.01 Å². The minimum atomic E-state index is -0.635. The highest BCUT2D eigenvalue weighted by Gasteiger charge is 2.36. The maximum absolute atomic E-state index is 12.3. The summed E-state index contributed by atoms with van der Waals surface area (Å²) in [6, 6.07) is 13.3. The van der Waals surface area contributed by atoms with E-state index in [1.165, 1.54) is 7.11 Å². The Morgan fingerprint density at radius 2 is 1.61 bits per heavy atom. The second-order valence-corrected chi connectivity index (χ2v) is 5.90. The van der Waals surface area contributed by atoms with Gasteiger partial charge in [-0.3, -0.25) is 24.6 Å². The second kappa shape index (κ2) is 6.95. The summed E-state index contributed by atoms with van der Waals surface area (Å²) >= 11 is 0. The van der Waals surface area contributed by atoms with Crippen LogP contribution in [-0.4, -0.2) is 46.5 Å². The van der Waals surface area contributed by atoms with Gasteiger partial charge in [-0.2, -0.15) is 0 Å². The molecular formula is C19H14N4O5. The van der Waals surface area contributed by atoms with E-state index in [4.69, 9.17) is 9.15 Å². The molecule has 0 saturated heterocycles. The number of benzene rings is 2. The molecule has 0 fully saturated rings. The fourth-order valence-electron chi connectivity index (χ4n) is 2.89. The minimum Gasteiger partial charge on any atom is -0.496 e. The molecule has 0 spiro atoms. The first kappa shape index (κ1) is 17.4. The fourth-order valence-corrected chi connectivity index (χ4v) is 2.89. The largest absolute Gasteiger partial charge is 0.496 e. The number of amides is 3. The Labute approximate surface area is 158 Å². The van der Waals surface area contributed by atoms with Crippen LogP contribution < -0.4 is 10.1 Å². The molecule has 140 valence electrons. The summed E-state index contributed by atoms with van der Waals surface area (Å²) in [5, 5.41) is 10.0. The number of nitrogens with one attached hydrogen (secondary N) is 1. The van der Waals surface area contributed by atoms with Crippen LogP contribution in [0.25, 0.3) is 11.5 Å². The summed E-state index contributed by atoms with van der Waals surface area (Å²) in [6.45, 7) is -0.460. The molecule has 2 aromatic carbocycles. The van der Waals surface area contributed by atoms with Gasteiger partial charge in [-0.15, -0.1) is 5.10 Å². The van der Waals surface area contributed by atoms with Gasteiger partial charge in [-0.05, 0) is 24.3 Å². The summed E-state index contributed by atoms with van der Waals surface area (Å²) in [7, 11) is 1.51. The molecule has 4 rings (SSSR count). The quantitative estimate of drug-likeness (QED) is 0.675. The zero-order valence-electron chi connectivity index (χ0n) is 14.7. The Morgan fingerprint density at radius 1 is 1.00 bits per heavy atom. The van der Waals surface area contributed by atoms with Gasteiger partial charge < -0.3 is 9.15 Å². The third-order valence-electron chi connectivity index (χ3n) is 4.19. The molecular weight excluding hydrogens is 364 g/mol. The monoisotopic (exact) mass is 378 g/mol. The zero-order chi connectivity index (χ0) is 19.7. The first-order valence-electron chi connectivity index (χ1n) is 8.30. The van der Waals surface area contributed by atoms with Crippen LogP contribution in [0.5, 0.6) is 5.75 Å². The number of aromatic nitrogens is 2. The van der Waals surface area contributed by atoms with Gasteiger partial charge in [-0.1, -0.05) is 29.4 Å². The second-order valence-electron chi connectivity index (χ2n) is 5.90. The van der Waals surface area contributed by atoms with Crippen LogP contribution >= 0.6 is 0 Å². The van der Waals surface area contributed by atoms with E-state index < -0.39 is 24.3 Å². The van der Waals surface area contributed by atoms with Crippen LogP contribution in [-0.2, 0) is 4.79 Å². The van der Waals surface area contributed by atoms with Crippen LogP contribution in [0.3, 0.4) is 0 Å². The van der Waals surface area contributed by atoms with Gasteiger partial charge in [0.25, 0.3) is 17.7 Å². The lowest BCUT2D eigenvalue weighted by Gasteiger charge is -2.12. The Hall–Kier alpha value is -4.01. The van der Waals surface area contributed by atoms with Crippen molar-refractivity contribution in [3.63, 3.8) is 0 Å². The Balaban J connectivity index is 1.46. The number of hydrogen-bond acceptors (Lipinski definition) is 7. The summed E-state index contributed by atoms with van der Waals surface area (Å²) in [5.74, 6) is -0.972. The number of carbonyl (C=O) groups is 3. The number of ether oxygens (including phenoxy) is 1. The van der Waals surface area contributed by atoms with E-state index in [9.17, 15) is 14.4 Å². The molecule has 9 nitrogen and oxygen atoms in total. The van der Waals surface area contributed by atoms with Gasteiger partial charge in [0.1, 0.15) is 12.3 Å². The van der Waals surface area contributed by atoms with E-state index in [1.54, 1.807) is 48.5 Å². The summed E-state index contributed by atoms with van der Waals surface area (Å²) < 4.78 is 10.7. The average Bonchev–Trinajstić information content (AvgIpc) is 3.27. The van der Waals surface area contributed by atoms with E-state index in [2.05, 4.69) is 15.5 Å². The molecule has 28 heavy (non-hydrogen) atoms. The molecule has 3 amide bonds. The molecule has 2 heterocycles. The van der Waals surface area contributed by atoms with Crippen molar-refractivity contribution in [2.75, 3.05) is 19.0 Å². The average molecular weight is 378 g/mol. The van der Waals surface area contributed by atoms with Crippen molar-refractivity contribution in [1.82, 2.24) is 15.1 Å². The number of anilines is 1. The predicted octanol–water partition coefficient (Wildman–Crippen LogP) is 1.98. The lowest BCUT2D eigenvalue weighted by atomic mass is 10.1. The number of hydrogen-bond donors (Lipinski definition) is 1. The number of fused-ring (bicyclic) bond motifs is 1. The summed E-state index contributed by atoms with van der Waals surface area (Å²) in [4.78, 5) is 37.8. The maximum Gasteiger partial charge on any atom is 0.322 e. The number of methoxy groups -OCH3 is 1. The molecule has 0 saturated carbocycles. The van der Waals surface area contributed by atoms with Gasteiger partial charge in [0.15, 0.2) is 0 Å². The van der Waals surface area contributed by atoms with E-state index >= 15 is 0 Å². The lowest BCUT2D eigenvalue weighted by molar-refractivity contribution is -0.116. The SMILES string of the molecule is COc1ccccc1-c1nnc(NC(=O)CN2C(=O)c3ccccc3C2=O)o1. The fraction of sp³-hybridized carbons (Fsp3) is 0.105. The number of para-hydroxylation sites is 1. The summed E-state index contributed by atoms with van der Waals surface area (Å²) in [6.07, 6.45) is 0. The Bertz CT molecular complexity index is 1060. The molecule has 0 radical (unpaired) electrons. The van der Waals surface area contributed by atoms with E-state index in [0.29, 0.717) is 11.3 Å². The predicted molar refractivity (Wildman–Crippen MR) is 96.7 cm³/mol. The third kappa shape index (κ3) is 2.98. The van der Waals surface area contributed by atoms with Crippen LogP contribution in [0.2, 0.25) is 0 Å². The molecule has 1 aromatic heterocycles. The molecule has 0 bridgehead atoms. The maximum atomic E-state index is 12.3. The first-order chi connectivity index (χ1) is 13.6. The van der Waals surface area contributed by atoms with Crippen molar-refractivity contribution in [1.29, 1.82) is 0 Å². The van der Waals surface area contributed by atoms with Crippen molar-refractivity contribution in [2.24, 2.45) is 0 Å². The number of carbonyl (C=O) groups excluding carboxylic acids is 3. The van der Waals surface area contributed by atoms with Crippen molar-refractivity contribution in [3.8, 4) is 17.2 Å². The van der Waals surface area contributed by atoms with Crippen molar-refractivity contribution in [3.05, 3.63) is 59.7 Å². The van der Waals surface area contributed by atoms with E-state index in [1.807, 2.05) is 0 Å².